The van der Waals surface area contributed by atoms with Crippen LogP contribution >= 0.6 is 0 Å². The van der Waals surface area contributed by atoms with Crippen LogP contribution in [0, 0.1) is 0 Å². The molecule has 3 aromatic heterocycles. The molecule has 0 radical (unpaired) electrons. The van der Waals surface area contributed by atoms with Crippen LogP contribution in [0.15, 0.2) is 48.5 Å². The topological polar surface area (TPSA) is 146 Å². The van der Waals surface area contributed by atoms with Crippen molar-refractivity contribution in [2.45, 2.75) is 25.7 Å². The number of nitrogens with zero attached hydrogens (tertiary/aromatic N) is 6. The number of aromatic amines is 2. The van der Waals surface area contributed by atoms with Crippen LogP contribution < -0.4 is 18.9 Å². The van der Waals surface area contributed by atoms with E-state index in [0.29, 0.717) is 21.5 Å². The zero-order chi connectivity index (χ0) is 42.3. The Balaban J connectivity index is 1.51. The second-order valence-electron chi connectivity index (χ2n) is 13.4. The Morgan fingerprint density at radius 2 is 0.567 bits per heavy atom. The number of nitrogens with one attached hydrogen (secondary N) is 2. The van der Waals surface area contributed by atoms with E-state index in [1.807, 2.05) is 0 Å². The molecule has 0 fully saturated rings. The number of rotatable bonds is 8. The molecule has 0 saturated heterocycles. The molecule has 9 rings (SSSR count). The van der Waals surface area contributed by atoms with Crippen LogP contribution in [0.2, 0.25) is 0 Å². The van der Waals surface area contributed by atoms with Crippen molar-refractivity contribution < 1.29 is 54.1 Å². The highest BCUT2D eigenvalue weighted by Crippen LogP contribution is 2.45. The summed E-state index contributed by atoms with van der Waals surface area (Å²) in [6.07, 6.45) is -13.2. The van der Waals surface area contributed by atoms with Gasteiger partial charge in [0.2, 0.25) is 0 Å². The van der Waals surface area contributed by atoms with Crippen molar-refractivity contribution in [1.82, 2.24) is 39.9 Å². The van der Waals surface area contributed by atoms with Gasteiger partial charge in [0, 0.05) is 66.1 Å². The number of methoxy groups -OCH3 is 4. The largest absolute Gasteiger partial charge is 0.493 e. The summed E-state index contributed by atoms with van der Waals surface area (Å²) in [4.78, 5) is 34.0. The van der Waals surface area contributed by atoms with Gasteiger partial charge in [-0.2, -0.15) is 0 Å². The minimum atomic E-state index is -3.30. The third kappa shape index (κ3) is 6.03. The number of alkyl halides is 8. The number of fused-ring (bicyclic) bond motifs is 20. The fourth-order valence-corrected chi connectivity index (χ4v) is 7.36. The predicted octanol–water partition coefficient (Wildman–Crippen LogP) is 10.7. The minimum Gasteiger partial charge on any atom is -0.493 e. The summed E-state index contributed by atoms with van der Waals surface area (Å²) in [6, 6.07) is 9.66. The molecule has 0 atom stereocenters. The molecule has 7 aromatic rings. The smallest absolute Gasteiger partial charge is 0.264 e. The molecular formula is C40H26F8N8O4. The number of ether oxygens (including phenoxy) is 4. The van der Waals surface area contributed by atoms with Crippen LogP contribution in [0.3, 0.4) is 0 Å². The number of H-pyrrole nitrogens is 2. The number of halogens is 8. The molecule has 5 heterocycles. The lowest BCUT2D eigenvalue weighted by Gasteiger charge is -2.11. The first-order valence-electron chi connectivity index (χ1n) is 17.7. The van der Waals surface area contributed by atoms with Crippen LogP contribution in [0.1, 0.15) is 48.0 Å². The van der Waals surface area contributed by atoms with Gasteiger partial charge in [0.25, 0.3) is 25.7 Å². The number of aromatic nitrogens is 8. The summed E-state index contributed by atoms with van der Waals surface area (Å²) in [6.45, 7) is 0. The monoisotopic (exact) mass is 834 g/mol. The first-order chi connectivity index (χ1) is 28.8. The second-order valence-corrected chi connectivity index (χ2v) is 13.4. The van der Waals surface area contributed by atoms with Crippen molar-refractivity contribution in [2.24, 2.45) is 0 Å². The van der Waals surface area contributed by atoms with Crippen molar-refractivity contribution in [3.8, 4) is 68.5 Å². The molecule has 0 spiro atoms. The van der Waals surface area contributed by atoms with Gasteiger partial charge in [0.15, 0.2) is 46.3 Å². The van der Waals surface area contributed by atoms with Crippen LogP contribution in [0.5, 0.6) is 23.0 Å². The van der Waals surface area contributed by atoms with E-state index in [1.165, 1.54) is 52.7 Å². The summed E-state index contributed by atoms with van der Waals surface area (Å²) >= 11 is 0. The second kappa shape index (κ2) is 14.3. The fraction of sp³-hybridized carbons (Fsp3) is 0.200. The van der Waals surface area contributed by atoms with Crippen LogP contribution in [0.25, 0.3) is 89.7 Å². The van der Waals surface area contributed by atoms with E-state index in [0.717, 1.165) is 24.3 Å². The average Bonchev–Trinajstić information content (AvgIpc) is 3.95. The molecule has 60 heavy (non-hydrogen) atoms. The first kappa shape index (κ1) is 38.4. The Morgan fingerprint density at radius 1 is 0.350 bits per heavy atom. The number of hydrogen-bond donors (Lipinski definition) is 2. The summed E-state index contributed by atoms with van der Waals surface area (Å²) in [7, 11) is 5.53. The molecule has 306 valence electrons. The molecule has 0 saturated carbocycles. The van der Waals surface area contributed by atoms with Crippen molar-refractivity contribution in [2.75, 3.05) is 28.4 Å². The van der Waals surface area contributed by atoms with Crippen molar-refractivity contribution in [1.29, 1.82) is 0 Å². The normalized spacial score (nSPS) is 12.3. The molecule has 0 amide bonds. The van der Waals surface area contributed by atoms with Gasteiger partial charge in [-0.05, 0) is 48.5 Å². The molecule has 20 heteroatoms. The van der Waals surface area contributed by atoms with Gasteiger partial charge in [0.1, 0.15) is 22.6 Å². The lowest BCUT2D eigenvalue weighted by atomic mass is 9.99. The molecular weight excluding hydrogens is 808 g/mol. The Bertz CT molecular complexity index is 2700. The summed E-state index contributed by atoms with van der Waals surface area (Å²) in [5.41, 5.74) is -3.93. The van der Waals surface area contributed by atoms with Crippen molar-refractivity contribution in [3.63, 3.8) is 0 Å². The molecule has 0 aliphatic carbocycles. The third-order valence-electron chi connectivity index (χ3n) is 10.2. The maximum absolute atomic E-state index is 14.4. The minimum absolute atomic E-state index is 0.0118. The van der Waals surface area contributed by atoms with Gasteiger partial charge in [-0.25, -0.2) is 65.0 Å². The zero-order valence-electron chi connectivity index (χ0n) is 31.3. The maximum Gasteiger partial charge on any atom is 0.264 e. The van der Waals surface area contributed by atoms with E-state index >= 15 is 0 Å². The van der Waals surface area contributed by atoms with E-state index < -0.39 is 48.0 Å². The van der Waals surface area contributed by atoms with Crippen molar-refractivity contribution in [3.05, 3.63) is 70.8 Å². The lowest BCUT2D eigenvalue weighted by Crippen LogP contribution is -1.98. The molecule has 4 aromatic carbocycles. The molecule has 2 aliphatic rings. The van der Waals surface area contributed by atoms with E-state index in [2.05, 4.69) is 19.9 Å². The van der Waals surface area contributed by atoms with Gasteiger partial charge in [-0.1, -0.05) is 0 Å². The Kier molecular flexibility index (Phi) is 9.16. The quantitative estimate of drug-likeness (QED) is 0.142. The molecule has 2 aliphatic heterocycles. The van der Waals surface area contributed by atoms with Gasteiger partial charge >= 0.3 is 0 Å². The van der Waals surface area contributed by atoms with Gasteiger partial charge in [-0.15, -0.1) is 0 Å². The summed E-state index contributed by atoms with van der Waals surface area (Å²) in [5, 5.41) is 1.22. The molecule has 12 nitrogen and oxygen atoms in total. The highest BCUT2D eigenvalue weighted by molar-refractivity contribution is 6.08. The zero-order valence-corrected chi connectivity index (χ0v) is 31.3. The van der Waals surface area contributed by atoms with Crippen molar-refractivity contribution >= 4 is 44.1 Å². The number of benzene rings is 4. The van der Waals surface area contributed by atoms with Crippen LogP contribution in [0.4, 0.5) is 35.1 Å². The predicted molar refractivity (Wildman–Crippen MR) is 202 cm³/mol. The molecule has 2 N–H and O–H groups in total. The standard InChI is InChI=1S/C40H26F8N8O4/c1-57-25-9-21-22(10-26(25)58-2)38-52-34-19-7-15(31(45)46)16(32(47)48)8-20(19)36(50-34)54-40-24-12-28(60-4)27(59-3)11-23(24)39(56-40)53-35-18-6-14(30(43)44)13(29(41)42)5-17(18)33(49-35)51-37(21)55-38/h5-12,29-32H,1-4H3,(H2,49,50,51,52,53,54,55,56). The average molecular weight is 835 g/mol. The van der Waals surface area contributed by atoms with E-state index in [-0.39, 0.29) is 91.1 Å². The van der Waals surface area contributed by atoms with E-state index in [9.17, 15) is 35.1 Å². The van der Waals surface area contributed by atoms with Gasteiger partial charge < -0.3 is 28.9 Å². The fourth-order valence-electron chi connectivity index (χ4n) is 7.36. The maximum atomic E-state index is 14.4. The van der Waals surface area contributed by atoms with E-state index in [1.54, 1.807) is 0 Å². The Labute approximate surface area is 331 Å². The van der Waals surface area contributed by atoms with E-state index in [4.69, 9.17) is 38.9 Å². The van der Waals surface area contributed by atoms with Crippen LogP contribution in [-0.2, 0) is 0 Å². The molecule has 0 unspecified atom stereocenters. The Morgan fingerprint density at radius 3 is 0.750 bits per heavy atom. The lowest BCUT2D eigenvalue weighted by molar-refractivity contribution is 0.124. The van der Waals surface area contributed by atoms with Gasteiger partial charge in [0.05, 0.1) is 28.4 Å². The van der Waals surface area contributed by atoms with Gasteiger partial charge in [-0.3, -0.25) is 0 Å². The Hall–Kier alpha value is -7.12. The summed E-state index contributed by atoms with van der Waals surface area (Å²) < 4.78 is 137. The highest BCUT2D eigenvalue weighted by atomic mass is 19.3. The summed E-state index contributed by atoms with van der Waals surface area (Å²) in [5.74, 6) is 0.108. The van der Waals surface area contributed by atoms with Crippen LogP contribution in [-0.4, -0.2) is 68.3 Å². The highest BCUT2D eigenvalue weighted by Gasteiger charge is 2.31. The number of hydrogen-bond acceptors (Lipinski definition) is 10. The first-order valence-corrected chi connectivity index (χ1v) is 17.7. The third-order valence-corrected chi connectivity index (χ3v) is 10.2. The molecule has 8 bridgehead atoms. The SMILES string of the molecule is COc1cc2c3nc4nc(nc5[nH]c(nc6nc(nc([nH]3)c2cc1OC)-c1cc(C(F)F)c(C(F)F)cc1-6)c1cc(OC)c(OC)cc51)-c1cc(C(F)F)c(C(F)F)cc1-4.